The fourth-order valence-corrected chi connectivity index (χ4v) is 2.71. The van der Waals surface area contributed by atoms with E-state index in [1.165, 1.54) is 30.3 Å². The van der Waals surface area contributed by atoms with Gasteiger partial charge in [-0.1, -0.05) is 23.2 Å². The van der Waals surface area contributed by atoms with E-state index in [9.17, 15) is 13.6 Å². The van der Waals surface area contributed by atoms with E-state index in [0.717, 1.165) is 0 Å². The maximum Gasteiger partial charge on any atom is 0.256 e. The SMILES string of the molecule is O=C(Nc1cc(Cl)c(F)c(Cl)c1)c1ccc(F)cc1I. The zero-order valence-corrected chi connectivity index (χ0v) is 13.4. The molecule has 0 aliphatic carbocycles. The van der Waals surface area contributed by atoms with Crippen molar-refractivity contribution in [3.8, 4) is 0 Å². The molecule has 0 radical (unpaired) electrons. The van der Waals surface area contributed by atoms with Gasteiger partial charge in [0, 0.05) is 9.26 Å². The molecule has 0 atom stereocenters. The monoisotopic (exact) mass is 427 g/mol. The summed E-state index contributed by atoms with van der Waals surface area (Å²) in [5.74, 6) is -1.64. The Balaban J connectivity index is 2.28. The number of rotatable bonds is 2. The molecule has 0 saturated carbocycles. The molecule has 0 spiro atoms. The third-order valence-electron chi connectivity index (χ3n) is 2.42. The van der Waals surface area contributed by atoms with E-state index in [1.807, 2.05) is 22.6 Å². The van der Waals surface area contributed by atoms with Crippen LogP contribution in [0.4, 0.5) is 14.5 Å². The molecule has 0 aliphatic heterocycles. The lowest BCUT2D eigenvalue weighted by Crippen LogP contribution is -2.13. The second-order valence-corrected chi connectivity index (χ2v) is 5.81. The fourth-order valence-electron chi connectivity index (χ4n) is 1.50. The van der Waals surface area contributed by atoms with E-state index in [0.29, 0.717) is 9.13 Å². The Morgan fingerprint density at radius 2 is 1.70 bits per heavy atom. The molecule has 2 aromatic rings. The van der Waals surface area contributed by atoms with Crippen molar-refractivity contribution in [2.75, 3.05) is 5.32 Å². The third kappa shape index (κ3) is 3.39. The Hall–Kier alpha value is -0.920. The molecule has 0 heterocycles. The minimum atomic E-state index is -0.748. The van der Waals surface area contributed by atoms with Crippen LogP contribution in [0, 0.1) is 15.2 Å². The number of anilines is 1. The molecule has 1 amide bonds. The summed E-state index contributed by atoms with van der Waals surface area (Å²) in [5.41, 5.74) is 0.551. The fraction of sp³-hybridized carbons (Fsp3) is 0. The summed E-state index contributed by atoms with van der Waals surface area (Å²) in [6, 6.07) is 6.27. The van der Waals surface area contributed by atoms with Crippen LogP contribution >= 0.6 is 45.8 Å². The van der Waals surface area contributed by atoms with Gasteiger partial charge in [-0.2, -0.15) is 0 Å². The predicted molar refractivity (Wildman–Crippen MR) is 83.5 cm³/mol. The molecule has 104 valence electrons. The molecule has 0 unspecified atom stereocenters. The zero-order chi connectivity index (χ0) is 14.9. The first-order chi connectivity index (χ1) is 9.38. The van der Waals surface area contributed by atoms with Gasteiger partial charge < -0.3 is 5.32 Å². The largest absolute Gasteiger partial charge is 0.322 e. The van der Waals surface area contributed by atoms with E-state index >= 15 is 0 Å². The smallest absolute Gasteiger partial charge is 0.256 e. The van der Waals surface area contributed by atoms with Crippen molar-refractivity contribution < 1.29 is 13.6 Å². The number of amides is 1. The Bertz CT molecular complexity index is 671. The highest BCUT2D eigenvalue weighted by Gasteiger charge is 2.13. The molecule has 1 N–H and O–H groups in total. The molecular weight excluding hydrogens is 422 g/mol. The lowest BCUT2D eigenvalue weighted by molar-refractivity contribution is 0.102. The molecule has 2 aromatic carbocycles. The van der Waals surface area contributed by atoms with Gasteiger partial charge in [-0.05, 0) is 52.9 Å². The lowest BCUT2D eigenvalue weighted by Gasteiger charge is -2.08. The third-order valence-corrected chi connectivity index (χ3v) is 3.86. The molecule has 0 aliphatic rings. The number of halogens is 5. The Labute approximate surface area is 137 Å². The first kappa shape index (κ1) is 15.5. The molecule has 0 fully saturated rings. The van der Waals surface area contributed by atoms with Crippen molar-refractivity contribution in [3.63, 3.8) is 0 Å². The van der Waals surface area contributed by atoms with Crippen molar-refractivity contribution in [3.05, 3.63) is 61.1 Å². The summed E-state index contributed by atoms with van der Waals surface area (Å²) >= 11 is 13.1. The summed E-state index contributed by atoms with van der Waals surface area (Å²) < 4.78 is 26.7. The topological polar surface area (TPSA) is 29.1 Å². The molecule has 7 heteroatoms. The van der Waals surface area contributed by atoms with Gasteiger partial charge in [-0.15, -0.1) is 0 Å². The van der Waals surface area contributed by atoms with Crippen molar-refractivity contribution in [1.82, 2.24) is 0 Å². The van der Waals surface area contributed by atoms with E-state index < -0.39 is 17.5 Å². The molecule has 0 saturated heterocycles. The second kappa shape index (κ2) is 6.24. The normalized spacial score (nSPS) is 10.4. The number of nitrogens with one attached hydrogen (secondary N) is 1. The molecule has 20 heavy (non-hydrogen) atoms. The Morgan fingerprint density at radius 3 is 2.25 bits per heavy atom. The summed E-state index contributed by atoms with van der Waals surface area (Å²) in [5, 5.41) is 2.14. The first-order valence-corrected chi connectivity index (χ1v) is 7.13. The van der Waals surface area contributed by atoms with Crippen molar-refractivity contribution >= 4 is 57.4 Å². The number of carbonyl (C=O) groups is 1. The van der Waals surface area contributed by atoms with Gasteiger partial charge in [-0.25, -0.2) is 8.78 Å². The van der Waals surface area contributed by atoms with Gasteiger partial charge in [0.05, 0.1) is 15.6 Å². The first-order valence-electron chi connectivity index (χ1n) is 5.29. The van der Waals surface area contributed by atoms with Crippen LogP contribution in [0.3, 0.4) is 0 Å². The summed E-state index contributed by atoms with van der Waals surface area (Å²) in [6.07, 6.45) is 0. The van der Waals surface area contributed by atoms with Crippen LogP contribution in [0.1, 0.15) is 10.4 Å². The van der Waals surface area contributed by atoms with Gasteiger partial charge >= 0.3 is 0 Å². The van der Waals surface area contributed by atoms with Crippen molar-refractivity contribution in [2.24, 2.45) is 0 Å². The Morgan fingerprint density at radius 1 is 1.10 bits per heavy atom. The second-order valence-electron chi connectivity index (χ2n) is 3.83. The molecule has 2 nitrogen and oxygen atoms in total. The maximum absolute atomic E-state index is 13.3. The van der Waals surface area contributed by atoms with E-state index in [4.69, 9.17) is 23.2 Å². The van der Waals surface area contributed by atoms with Crippen molar-refractivity contribution in [1.29, 1.82) is 0 Å². The number of hydrogen-bond acceptors (Lipinski definition) is 1. The van der Waals surface area contributed by atoms with Gasteiger partial charge in [0.1, 0.15) is 5.82 Å². The molecule has 2 rings (SSSR count). The van der Waals surface area contributed by atoms with E-state index in [2.05, 4.69) is 5.32 Å². The zero-order valence-electron chi connectivity index (χ0n) is 9.68. The molecule has 0 bridgehead atoms. The minimum absolute atomic E-state index is 0.193. The Kier molecular flexibility index (Phi) is 4.82. The highest BCUT2D eigenvalue weighted by molar-refractivity contribution is 14.1. The van der Waals surface area contributed by atoms with E-state index in [1.54, 1.807) is 0 Å². The van der Waals surface area contributed by atoms with Crippen LogP contribution in [-0.4, -0.2) is 5.91 Å². The molecular formula is C13H6Cl2F2INO. The van der Waals surface area contributed by atoms with Crippen LogP contribution in [-0.2, 0) is 0 Å². The maximum atomic E-state index is 13.3. The van der Waals surface area contributed by atoms with Crippen LogP contribution in [0.15, 0.2) is 30.3 Å². The highest BCUT2D eigenvalue weighted by atomic mass is 127. The van der Waals surface area contributed by atoms with Gasteiger partial charge in [-0.3, -0.25) is 4.79 Å². The van der Waals surface area contributed by atoms with Crippen LogP contribution in [0.25, 0.3) is 0 Å². The number of hydrogen-bond donors (Lipinski definition) is 1. The highest BCUT2D eigenvalue weighted by Crippen LogP contribution is 2.27. The summed E-state index contributed by atoms with van der Waals surface area (Å²) in [7, 11) is 0. The van der Waals surface area contributed by atoms with Gasteiger partial charge in [0.15, 0.2) is 5.82 Å². The van der Waals surface area contributed by atoms with Crippen LogP contribution in [0.5, 0.6) is 0 Å². The average molecular weight is 428 g/mol. The molecule has 0 aromatic heterocycles. The average Bonchev–Trinajstić information content (AvgIpc) is 2.35. The van der Waals surface area contributed by atoms with Gasteiger partial charge in [0.25, 0.3) is 5.91 Å². The summed E-state index contributed by atoms with van der Waals surface area (Å²) in [4.78, 5) is 12.0. The van der Waals surface area contributed by atoms with Crippen LogP contribution in [0.2, 0.25) is 10.0 Å². The summed E-state index contributed by atoms with van der Waals surface area (Å²) in [6.45, 7) is 0. The van der Waals surface area contributed by atoms with Crippen molar-refractivity contribution in [2.45, 2.75) is 0 Å². The predicted octanol–water partition coefficient (Wildman–Crippen LogP) is 5.13. The standard InChI is InChI=1S/C13H6Cl2F2INO/c14-9-4-7(5-10(15)12(9)17)19-13(20)8-2-1-6(16)3-11(8)18/h1-5H,(H,19,20). The van der Waals surface area contributed by atoms with Crippen LogP contribution < -0.4 is 5.32 Å². The minimum Gasteiger partial charge on any atom is -0.322 e. The van der Waals surface area contributed by atoms with Gasteiger partial charge in [0.2, 0.25) is 0 Å². The van der Waals surface area contributed by atoms with E-state index in [-0.39, 0.29) is 15.7 Å². The lowest BCUT2D eigenvalue weighted by atomic mass is 10.2. The number of carbonyl (C=O) groups excluding carboxylic acids is 1. The number of benzene rings is 2. The quantitative estimate of drug-likeness (QED) is 0.522.